The van der Waals surface area contributed by atoms with Gasteiger partial charge in [-0.15, -0.1) is 0 Å². The van der Waals surface area contributed by atoms with Gasteiger partial charge in [0.05, 0.1) is 11.9 Å². The van der Waals surface area contributed by atoms with Gasteiger partial charge in [-0.3, -0.25) is 4.18 Å². The Morgan fingerprint density at radius 3 is 1.59 bits per heavy atom. The Labute approximate surface area is 183 Å². The van der Waals surface area contributed by atoms with Gasteiger partial charge >= 0.3 is 0 Å². The molecule has 0 fully saturated rings. The molecule has 0 aliphatic heterocycles. The van der Waals surface area contributed by atoms with Crippen LogP contribution in [0.5, 0.6) is 0 Å². The van der Waals surface area contributed by atoms with E-state index in [0.717, 1.165) is 38.5 Å². The SMILES string of the molecule is C/C=C/CCCCCCCCCC(CCCCCCCCCC)S(=O)(=O)OCC. The molecule has 3 nitrogen and oxygen atoms in total. The Kier molecular flexibility index (Phi) is 20.7. The monoisotopic (exact) mass is 430 g/mol. The third-order valence-electron chi connectivity index (χ3n) is 5.70. The van der Waals surface area contributed by atoms with Gasteiger partial charge in [0.15, 0.2) is 0 Å². The topological polar surface area (TPSA) is 43.4 Å². The van der Waals surface area contributed by atoms with Crippen LogP contribution in [0.4, 0.5) is 0 Å². The van der Waals surface area contributed by atoms with Crippen LogP contribution in [0.1, 0.15) is 136 Å². The molecule has 174 valence electrons. The van der Waals surface area contributed by atoms with Crippen LogP contribution in [0.15, 0.2) is 12.2 Å². The van der Waals surface area contributed by atoms with E-state index in [1.807, 2.05) is 0 Å². The van der Waals surface area contributed by atoms with Crippen molar-refractivity contribution in [3.63, 3.8) is 0 Å². The molecule has 0 N–H and O–H groups in total. The van der Waals surface area contributed by atoms with E-state index in [-0.39, 0.29) is 11.9 Å². The summed E-state index contributed by atoms with van der Waals surface area (Å²) in [5, 5.41) is -0.302. The Bertz CT molecular complexity index is 457. The second-order valence-electron chi connectivity index (χ2n) is 8.41. The zero-order valence-electron chi connectivity index (χ0n) is 19.8. The molecule has 0 spiro atoms. The summed E-state index contributed by atoms with van der Waals surface area (Å²) in [6, 6.07) is 0. The molecular formula is C25H50O3S. The zero-order valence-corrected chi connectivity index (χ0v) is 20.6. The predicted octanol–water partition coefficient (Wildman–Crippen LogP) is 8.34. The van der Waals surface area contributed by atoms with Crippen molar-refractivity contribution in [1.82, 2.24) is 0 Å². The van der Waals surface area contributed by atoms with Crippen LogP contribution in [0, 0.1) is 0 Å². The maximum Gasteiger partial charge on any atom is 0.270 e. The first-order valence-corrected chi connectivity index (χ1v) is 14.0. The molecule has 0 saturated heterocycles. The molecule has 1 unspecified atom stereocenters. The standard InChI is InChI=1S/C25H50O3S/c1-4-7-9-11-13-15-16-18-20-22-24-25(29(26,27)28-6-3)23-21-19-17-14-12-10-8-5-2/h4,7,25H,5-6,8-24H2,1-3H3/b7-4+. The van der Waals surface area contributed by atoms with E-state index < -0.39 is 10.1 Å². The molecule has 0 aromatic heterocycles. The van der Waals surface area contributed by atoms with Gasteiger partial charge in [-0.1, -0.05) is 109 Å². The van der Waals surface area contributed by atoms with Crippen molar-refractivity contribution in [3.8, 4) is 0 Å². The molecule has 1 atom stereocenters. The van der Waals surface area contributed by atoms with Gasteiger partial charge in [0.1, 0.15) is 0 Å². The van der Waals surface area contributed by atoms with Crippen molar-refractivity contribution in [1.29, 1.82) is 0 Å². The second-order valence-corrected chi connectivity index (χ2v) is 10.3. The molecule has 0 heterocycles. The first kappa shape index (κ1) is 28.6. The summed E-state index contributed by atoms with van der Waals surface area (Å²) >= 11 is 0. The highest BCUT2D eigenvalue weighted by Gasteiger charge is 2.25. The normalized spacial score (nSPS) is 13.3. The first-order chi connectivity index (χ1) is 14.1. The highest BCUT2D eigenvalue weighted by atomic mass is 32.2. The fourth-order valence-corrected chi connectivity index (χ4v) is 5.32. The van der Waals surface area contributed by atoms with Crippen LogP contribution in [0.25, 0.3) is 0 Å². The summed E-state index contributed by atoms with van der Waals surface area (Å²) < 4.78 is 30.0. The van der Waals surface area contributed by atoms with E-state index in [2.05, 4.69) is 26.0 Å². The van der Waals surface area contributed by atoms with E-state index >= 15 is 0 Å². The minimum absolute atomic E-state index is 0.253. The number of unbranched alkanes of at least 4 members (excludes halogenated alkanes) is 14. The van der Waals surface area contributed by atoms with Crippen molar-refractivity contribution in [3.05, 3.63) is 12.2 Å². The van der Waals surface area contributed by atoms with Crippen molar-refractivity contribution >= 4 is 10.1 Å². The smallest absolute Gasteiger partial charge is 0.270 e. The van der Waals surface area contributed by atoms with E-state index in [4.69, 9.17) is 4.18 Å². The Balaban J connectivity index is 3.96. The molecule has 0 saturated carbocycles. The molecule has 0 bridgehead atoms. The summed E-state index contributed by atoms with van der Waals surface area (Å²) in [4.78, 5) is 0. The fraction of sp³-hybridized carbons (Fsp3) is 0.920. The van der Waals surface area contributed by atoms with Gasteiger partial charge in [-0.2, -0.15) is 8.42 Å². The third-order valence-corrected chi connectivity index (χ3v) is 7.55. The number of rotatable bonds is 22. The minimum Gasteiger partial charge on any atom is -0.270 e. The van der Waals surface area contributed by atoms with Gasteiger partial charge in [-0.25, -0.2) is 0 Å². The van der Waals surface area contributed by atoms with Gasteiger partial charge < -0.3 is 0 Å². The average molecular weight is 431 g/mol. The molecular weight excluding hydrogens is 380 g/mol. The quantitative estimate of drug-likeness (QED) is 0.0984. The second kappa shape index (κ2) is 20.9. The third kappa shape index (κ3) is 18.2. The maximum absolute atomic E-state index is 12.4. The lowest BCUT2D eigenvalue weighted by Crippen LogP contribution is -2.23. The highest BCUT2D eigenvalue weighted by molar-refractivity contribution is 7.87. The Morgan fingerprint density at radius 2 is 1.14 bits per heavy atom. The van der Waals surface area contributed by atoms with Gasteiger partial charge in [0.25, 0.3) is 10.1 Å². The molecule has 4 heteroatoms. The molecule has 0 aliphatic rings. The molecule has 0 aromatic carbocycles. The molecule has 0 aliphatic carbocycles. The first-order valence-electron chi connectivity index (χ1n) is 12.6. The van der Waals surface area contributed by atoms with Crippen LogP contribution in [0.3, 0.4) is 0 Å². The highest BCUT2D eigenvalue weighted by Crippen LogP contribution is 2.21. The van der Waals surface area contributed by atoms with E-state index in [0.29, 0.717) is 0 Å². The lowest BCUT2D eigenvalue weighted by molar-refractivity contribution is 0.324. The van der Waals surface area contributed by atoms with Crippen molar-refractivity contribution in [2.45, 2.75) is 142 Å². The van der Waals surface area contributed by atoms with Gasteiger partial charge in [0.2, 0.25) is 0 Å². The van der Waals surface area contributed by atoms with Crippen molar-refractivity contribution < 1.29 is 12.6 Å². The summed E-state index contributed by atoms with van der Waals surface area (Å²) in [5.74, 6) is 0. The average Bonchev–Trinajstić information content (AvgIpc) is 2.69. The summed E-state index contributed by atoms with van der Waals surface area (Å²) in [6.07, 6.45) is 25.6. The molecule has 0 radical (unpaired) electrons. The van der Waals surface area contributed by atoms with E-state index in [9.17, 15) is 8.42 Å². The largest absolute Gasteiger partial charge is 0.270 e. The lowest BCUT2D eigenvalue weighted by Gasteiger charge is -2.17. The van der Waals surface area contributed by atoms with Crippen molar-refractivity contribution in [2.24, 2.45) is 0 Å². The van der Waals surface area contributed by atoms with E-state index in [1.54, 1.807) is 6.92 Å². The summed E-state index contributed by atoms with van der Waals surface area (Å²) in [7, 11) is -3.39. The van der Waals surface area contributed by atoms with Crippen molar-refractivity contribution in [2.75, 3.05) is 6.61 Å². The summed E-state index contributed by atoms with van der Waals surface area (Å²) in [6.45, 7) is 6.34. The summed E-state index contributed by atoms with van der Waals surface area (Å²) in [5.41, 5.74) is 0. The number of allylic oxidation sites excluding steroid dienone is 2. The Morgan fingerprint density at radius 1 is 0.690 bits per heavy atom. The van der Waals surface area contributed by atoms with Gasteiger partial charge in [-0.05, 0) is 39.5 Å². The predicted molar refractivity (Wildman–Crippen MR) is 128 cm³/mol. The van der Waals surface area contributed by atoms with Gasteiger partial charge in [0, 0.05) is 0 Å². The van der Waals surface area contributed by atoms with Crippen LogP contribution >= 0.6 is 0 Å². The van der Waals surface area contributed by atoms with E-state index in [1.165, 1.54) is 77.0 Å². The van der Waals surface area contributed by atoms with Crippen LogP contribution < -0.4 is 0 Å². The van der Waals surface area contributed by atoms with Crippen LogP contribution in [-0.2, 0) is 14.3 Å². The van der Waals surface area contributed by atoms with Crippen LogP contribution in [0.2, 0.25) is 0 Å². The maximum atomic E-state index is 12.4. The minimum atomic E-state index is -3.39. The fourth-order valence-electron chi connectivity index (χ4n) is 3.88. The lowest BCUT2D eigenvalue weighted by atomic mass is 10.0. The molecule has 0 rings (SSSR count). The molecule has 0 aromatic rings. The van der Waals surface area contributed by atoms with Crippen LogP contribution in [-0.4, -0.2) is 20.3 Å². The number of hydrogen-bond donors (Lipinski definition) is 0. The molecule has 0 amide bonds. The molecule has 29 heavy (non-hydrogen) atoms. The number of hydrogen-bond acceptors (Lipinski definition) is 3. The Hall–Kier alpha value is -0.350. The zero-order chi connectivity index (χ0) is 21.6.